The first kappa shape index (κ1) is 18.8. The Morgan fingerprint density at radius 1 is 1.10 bits per heavy atom. The lowest BCUT2D eigenvalue weighted by Gasteiger charge is -2.09. The van der Waals surface area contributed by atoms with Crippen LogP contribution in [0.2, 0.25) is 0 Å². The molecule has 0 spiro atoms. The second kappa shape index (κ2) is 7.46. The van der Waals surface area contributed by atoms with E-state index < -0.39 is 11.2 Å². The molecule has 0 atom stereocenters. The van der Waals surface area contributed by atoms with Crippen LogP contribution >= 0.6 is 0 Å². The number of aromatic amines is 2. The zero-order valence-corrected chi connectivity index (χ0v) is 16.6. The standard InChI is InChI=1S/C21H22N6O2/c1-12(2)10-17-24-18(11-15-13(3)23-21(29)25-20(15)28)27(26-17)16-8-4-6-14-7-5-9-22-19(14)16/h4-9,12H,10-11H2,1-3H3,(H2,23,25,28,29). The molecule has 29 heavy (non-hydrogen) atoms. The molecule has 0 aliphatic rings. The van der Waals surface area contributed by atoms with E-state index in [2.05, 4.69) is 28.8 Å². The van der Waals surface area contributed by atoms with Gasteiger partial charge in [-0.2, -0.15) is 5.10 Å². The molecule has 0 bridgehead atoms. The Bertz CT molecular complexity index is 1290. The molecule has 4 aromatic rings. The summed E-state index contributed by atoms with van der Waals surface area (Å²) < 4.78 is 1.76. The van der Waals surface area contributed by atoms with Crippen LogP contribution in [0.3, 0.4) is 0 Å². The number of hydrogen-bond acceptors (Lipinski definition) is 5. The van der Waals surface area contributed by atoms with Crippen LogP contribution in [0.4, 0.5) is 0 Å². The minimum atomic E-state index is -0.517. The van der Waals surface area contributed by atoms with Gasteiger partial charge in [0.2, 0.25) is 0 Å². The van der Waals surface area contributed by atoms with Crippen molar-refractivity contribution >= 4 is 10.9 Å². The number of pyridine rings is 1. The van der Waals surface area contributed by atoms with Gasteiger partial charge in [0.15, 0.2) is 5.82 Å². The van der Waals surface area contributed by atoms with E-state index in [9.17, 15) is 9.59 Å². The van der Waals surface area contributed by atoms with E-state index in [0.717, 1.165) is 23.0 Å². The van der Waals surface area contributed by atoms with Gasteiger partial charge in [-0.3, -0.25) is 14.8 Å². The number of aromatic nitrogens is 6. The normalized spacial score (nSPS) is 11.4. The second-order valence-corrected chi connectivity index (χ2v) is 7.49. The monoisotopic (exact) mass is 390 g/mol. The molecule has 0 amide bonds. The van der Waals surface area contributed by atoms with E-state index in [4.69, 9.17) is 10.1 Å². The number of benzene rings is 1. The van der Waals surface area contributed by atoms with Crippen molar-refractivity contribution in [1.82, 2.24) is 29.7 Å². The summed E-state index contributed by atoms with van der Waals surface area (Å²) in [5.74, 6) is 1.73. The molecule has 0 aliphatic heterocycles. The van der Waals surface area contributed by atoms with Crippen LogP contribution in [0.15, 0.2) is 46.1 Å². The van der Waals surface area contributed by atoms with E-state index in [1.807, 2.05) is 30.3 Å². The SMILES string of the molecule is Cc1[nH]c(=O)[nH]c(=O)c1Cc1nc(CC(C)C)nn1-c1cccc2cccnc12. The van der Waals surface area contributed by atoms with Crippen molar-refractivity contribution in [2.24, 2.45) is 5.92 Å². The van der Waals surface area contributed by atoms with Gasteiger partial charge in [0.05, 0.1) is 11.2 Å². The Kier molecular flexibility index (Phi) is 4.84. The van der Waals surface area contributed by atoms with Crippen molar-refractivity contribution in [3.05, 3.63) is 80.3 Å². The van der Waals surface area contributed by atoms with Crippen LogP contribution in [0.5, 0.6) is 0 Å². The maximum atomic E-state index is 12.4. The Morgan fingerprint density at radius 2 is 1.90 bits per heavy atom. The highest BCUT2D eigenvalue weighted by atomic mass is 16.2. The van der Waals surface area contributed by atoms with Crippen molar-refractivity contribution < 1.29 is 0 Å². The van der Waals surface area contributed by atoms with Gasteiger partial charge < -0.3 is 4.98 Å². The maximum Gasteiger partial charge on any atom is 0.325 e. The number of nitrogens with one attached hydrogen (secondary N) is 2. The summed E-state index contributed by atoms with van der Waals surface area (Å²) in [5, 5.41) is 5.72. The van der Waals surface area contributed by atoms with E-state index in [-0.39, 0.29) is 6.42 Å². The number of fused-ring (bicyclic) bond motifs is 1. The molecule has 3 aromatic heterocycles. The molecule has 148 valence electrons. The largest absolute Gasteiger partial charge is 0.325 e. The van der Waals surface area contributed by atoms with E-state index >= 15 is 0 Å². The van der Waals surface area contributed by atoms with Crippen LogP contribution in [0, 0.1) is 12.8 Å². The number of para-hydroxylation sites is 1. The third kappa shape index (κ3) is 3.73. The third-order valence-electron chi connectivity index (χ3n) is 4.74. The Morgan fingerprint density at radius 3 is 2.66 bits per heavy atom. The van der Waals surface area contributed by atoms with Crippen LogP contribution in [-0.4, -0.2) is 29.7 Å². The lowest BCUT2D eigenvalue weighted by molar-refractivity contribution is 0.619. The second-order valence-electron chi connectivity index (χ2n) is 7.49. The number of rotatable bonds is 5. The highest BCUT2D eigenvalue weighted by molar-refractivity contribution is 5.86. The fourth-order valence-electron chi connectivity index (χ4n) is 3.41. The predicted octanol–water partition coefficient (Wildman–Crippen LogP) is 2.29. The number of hydrogen-bond donors (Lipinski definition) is 2. The molecule has 0 saturated carbocycles. The zero-order chi connectivity index (χ0) is 20.5. The molecule has 4 rings (SSSR count). The summed E-state index contributed by atoms with van der Waals surface area (Å²) in [6, 6.07) is 9.77. The number of nitrogens with zero attached hydrogens (tertiary/aromatic N) is 4. The average molecular weight is 390 g/mol. The van der Waals surface area contributed by atoms with E-state index in [1.54, 1.807) is 17.8 Å². The fraction of sp³-hybridized carbons (Fsp3) is 0.286. The maximum absolute atomic E-state index is 12.4. The van der Waals surface area contributed by atoms with E-state index in [1.165, 1.54) is 0 Å². The highest BCUT2D eigenvalue weighted by Crippen LogP contribution is 2.22. The van der Waals surface area contributed by atoms with Crippen LogP contribution < -0.4 is 11.2 Å². The predicted molar refractivity (Wildman–Crippen MR) is 110 cm³/mol. The highest BCUT2D eigenvalue weighted by Gasteiger charge is 2.18. The molecule has 3 heterocycles. The lowest BCUT2D eigenvalue weighted by Crippen LogP contribution is -2.27. The first-order valence-corrected chi connectivity index (χ1v) is 9.53. The van der Waals surface area contributed by atoms with Gasteiger partial charge in [0.1, 0.15) is 5.82 Å². The van der Waals surface area contributed by atoms with Crippen molar-refractivity contribution in [2.45, 2.75) is 33.6 Å². The average Bonchev–Trinajstić information content (AvgIpc) is 3.05. The van der Waals surface area contributed by atoms with Crippen molar-refractivity contribution in [1.29, 1.82) is 0 Å². The Hall–Kier alpha value is -3.55. The topological polar surface area (TPSA) is 109 Å². The quantitative estimate of drug-likeness (QED) is 0.543. The molecule has 8 nitrogen and oxygen atoms in total. The molecule has 0 saturated heterocycles. The van der Waals surface area contributed by atoms with Crippen LogP contribution in [-0.2, 0) is 12.8 Å². The van der Waals surface area contributed by atoms with E-state index in [0.29, 0.717) is 28.8 Å². The summed E-state index contributed by atoms with van der Waals surface area (Å²) >= 11 is 0. The van der Waals surface area contributed by atoms with Gasteiger partial charge in [-0.25, -0.2) is 14.5 Å². The Labute approximate surface area is 166 Å². The van der Waals surface area contributed by atoms with Gasteiger partial charge >= 0.3 is 5.69 Å². The van der Waals surface area contributed by atoms with Crippen molar-refractivity contribution in [2.75, 3.05) is 0 Å². The van der Waals surface area contributed by atoms with Crippen molar-refractivity contribution in [3.63, 3.8) is 0 Å². The number of aryl methyl sites for hydroxylation is 1. The van der Waals surface area contributed by atoms with Gasteiger partial charge in [-0.1, -0.05) is 32.0 Å². The molecule has 0 aliphatic carbocycles. The fourth-order valence-corrected chi connectivity index (χ4v) is 3.41. The first-order valence-electron chi connectivity index (χ1n) is 9.53. The minimum absolute atomic E-state index is 0.242. The van der Waals surface area contributed by atoms with Crippen LogP contribution in [0.1, 0.15) is 36.8 Å². The molecular weight excluding hydrogens is 368 g/mol. The van der Waals surface area contributed by atoms with Gasteiger partial charge in [0, 0.05) is 35.7 Å². The molecule has 1 aromatic carbocycles. The van der Waals surface area contributed by atoms with Gasteiger partial charge in [-0.15, -0.1) is 0 Å². The summed E-state index contributed by atoms with van der Waals surface area (Å²) in [4.78, 5) is 38.1. The third-order valence-corrected chi connectivity index (χ3v) is 4.74. The molecule has 0 unspecified atom stereocenters. The molecular formula is C21H22N6O2. The molecule has 2 N–H and O–H groups in total. The summed E-state index contributed by atoms with van der Waals surface area (Å²) in [6.07, 6.45) is 2.71. The smallest absolute Gasteiger partial charge is 0.311 e. The molecule has 8 heteroatoms. The summed E-state index contributed by atoms with van der Waals surface area (Å²) in [6.45, 7) is 5.93. The molecule has 0 radical (unpaired) electrons. The van der Waals surface area contributed by atoms with Gasteiger partial charge in [-0.05, 0) is 25.0 Å². The zero-order valence-electron chi connectivity index (χ0n) is 16.6. The van der Waals surface area contributed by atoms with Gasteiger partial charge in [0.25, 0.3) is 5.56 Å². The van der Waals surface area contributed by atoms with Crippen molar-refractivity contribution in [3.8, 4) is 5.69 Å². The molecule has 0 fully saturated rings. The number of H-pyrrole nitrogens is 2. The summed E-state index contributed by atoms with van der Waals surface area (Å²) in [5.41, 5.74) is 1.67. The lowest BCUT2D eigenvalue weighted by atomic mass is 10.1. The Balaban J connectivity index is 1.89. The minimum Gasteiger partial charge on any atom is -0.311 e. The summed E-state index contributed by atoms with van der Waals surface area (Å²) in [7, 11) is 0. The van der Waals surface area contributed by atoms with Crippen LogP contribution in [0.25, 0.3) is 16.6 Å². The first-order chi connectivity index (χ1) is 13.9.